The van der Waals surface area contributed by atoms with Crippen molar-refractivity contribution in [2.45, 2.75) is 30.7 Å². The van der Waals surface area contributed by atoms with E-state index < -0.39 is 22.0 Å². The molecule has 8 heteroatoms. The number of thioether (sulfide) groups is 1. The molecule has 2 N–H and O–H groups in total. The molecule has 0 aliphatic carbocycles. The molecule has 0 unspecified atom stereocenters. The van der Waals surface area contributed by atoms with E-state index in [9.17, 15) is 13.9 Å². The first-order chi connectivity index (χ1) is 10.8. The average molecular weight is 343 g/mol. The molecule has 0 saturated heterocycles. The summed E-state index contributed by atoms with van der Waals surface area (Å²) in [5.74, 6) is -1.17. The van der Waals surface area contributed by atoms with Crippen LogP contribution in [0.2, 0.25) is 0 Å². The van der Waals surface area contributed by atoms with Gasteiger partial charge in [-0.25, -0.2) is 18.4 Å². The summed E-state index contributed by atoms with van der Waals surface area (Å²) in [6.45, 7) is 3.36. The van der Waals surface area contributed by atoms with Crippen molar-refractivity contribution in [2.24, 2.45) is 0 Å². The summed E-state index contributed by atoms with van der Waals surface area (Å²) in [7, 11) is 0. The highest BCUT2D eigenvalue weighted by molar-refractivity contribution is 8.00. The van der Waals surface area contributed by atoms with Gasteiger partial charge in [-0.2, -0.15) is 5.10 Å². The van der Waals surface area contributed by atoms with Gasteiger partial charge < -0.3 is 10.2 Å². The van der Waals surface area contributed by atoms with Gasteiger partial charge in [0.25, 0.3) is 0 Å². The van der Waals surface area contributed by atoms with Crippen LogP contribution in [0.4, 0.5) is 8.78 Å². The first-order valence-corrected chi connectivity index (χ1v) is 8.04. The van der Waals surface area contributed by atoms with E-state index in [1.807, 2.05) is 0 Å². The molecule has 0 fully saturated rings. The summed E-state index contributed by atoms with van der Waals surface area (Å²) >= 11 is 1.29. The first kappa shape index (κ1) is 17.8. The molecule has 23 heavy (non-hydrogen) atoms. The van der Waals surface area contributed by atoms with E-state index >= 15 is 0 Å². The molecule has 1 heterocycles. The van der Waals surface area contributed by atoms with Gasteiger partial charge in [-0.3, -0.25) is 0 Å². The zero-order chi connectivity index (χ0) is 17.1. The van der Waals surface area contributed by atoms with Crippen LogP contribution in [0.1, 0.15) is 19.4 Å². The maximum atomic E-state index is 14.3. The Morgan fingerprint density at radius 2 is 2.04 bits per heavy atom. The van der Waals surface area contributed by atoms with Crippen molar-refractivity contribution in [1.82, 2.24) is 14.8 Å². The van der Waals surface area contributed by atoms with Gasteiger partial charge in [-0.1, -0.05) is 6.07 Å². The molecule has 2 aromatic rings. The quantitative estimate of drug-likeness (QED) is 0.804. The van der Waals surface area contributed by atoms with Crippen LogP contribution in [-0.4, -0.2) is 42.1 Å². The molecule has 0 spiro atoms. The minimum absolute atomic E-state index is 0.0233. The standard InChI is InChI=1S/C15H19F2N3O2S/c1-14(2,23-6-5-21)15(22,8-20-10-18-9-19-20)12-4-3-11(16)7-13(12)17/h3-4,7,9-10,21-22H,5-6,8H2,1-2H3/t15-/m0/s1. The number of aromatic nitrogens is 3. The van der Waals surface area contributed by atoms with E-state index in [1.165, 1.54) is 35.2 Å². The van der Waals surface area contributed by atoms with E-state index in [4.69, 9.17) is 5.11 Å². The highest BCUT2D eigenvalue weighted by Gasteiger charge is 2.47. The molecular weight excluding hydrogens is 324 g/mol. The summed E-state index contributed by atoms with van der Waals surface area (Å²) in [5.41, 5.74) is -1.71. The molecular formula is C15H19F2N3O2S. The average Bonchev–Trinajstić information content (AvgIpc) is 2.97. The van der Waals surface area contributed by atoms with E-state index in [2.05, 4.69) is 10.1 Å². The highest BCUT2D eigenvalue weighted by atomic mass is 32.2. The van der Waals surface area contributed by atoms with Crippen LogP contribution >= 0.6 is 11.8 Å². The molecule has 0 aliphatic heterocycles. The maximum Gasteiger partial charge on any atom is 0.137 e. The predicted molar refractivity (Wildman–Crippen MR) is 83.9 cm³/mol. The molecule has 0 amide bonds. The lowest BCUT2D eigenvalue weighted by Gasteiger charge is -2.42. The van der Waals surface area contributed by atoms with Gasteiger partial charge in [0.1, 0.15) is 29.9 Å². The summed E-state index contributed by atoms with van der Waals surface area (Å²) in [4.78, 5) is 3.82. The highest BCUT2D eigenvalue weighted by Crippen LogP contribution is 2.44. The van der Waals surface area contributed by atoms with Crippen molar-refractivity contribution in [3.8, 4) is 0 Å². The summed E-state index contributed by atoms with van der Waals surface area (Å²) < 4.78 is 28.1. The molecule has 0 bridgehead atoms. The Balaban J connectivity index is 2.49. The lowest BCUT2D eigenvalue weighted by atomic mass is 9.82. The molecule has 126 valence electrons. The lowest BCUT2D eigenvalue weighted by molar-refractivity contribution is -0.0170. The van der Waals surface area contributed by atoms with E-state index in [0.717, 1.165) is 12.1 Å². The third-order valence-corrected chi connectivity index (χ3v) is 5.23. The fourth-order valence-corrected chi connectivity index (χ4v) is 3.41. The Labute approximate surface area is 137 Å². The van der Waals surface area contributed by atoms with Gasteiger partial charge in [0.2, 0.25) is 0 Å². The number of aliphatic hydroxyl groups excluding tert-OH is 1. The smallest absolute Gasteiger partial charge is 0.137 e. The van der Waals surface area contributed by atoms with Crippen molar-refractivity contribution < 1.29 is 19.0 Å². The minimum Gasteiger partial charge on any atom is -0.396 e. The second-order valence-electron chi connectivity index (χ2n) is 5.66. The molecule has 5 nitrogen and oxygen atoms in total. The van der Waals surface area contributed by atoms with E-state index in [1.54, 1.807) is 13.8 Å². The first-order valence-electron chi connectivity index (χ1n) is 7.05. The Hall–Kier alpha value is -1.51. The fraction of sp³-hybridized carbons (Fsp3) is 0.467. The number of aliphatic hydroxyl groups is 2. The summed E-state index contributed by atoms with van der Waals surface area (Å²) in [5, 5.41) is 24.3. The maximum absolute atomic E-state index is 14.3. The third-order valence-electron chi connectivity index (χ3n) is 3.78. The predicted octanol–water partition coefficient (Wildman–Crippen LogP) is 1.95. The van der Waals surface area contributed by atoms with Crippen LogP contribution < -0.4 is 0 Å². The second kappa shape index (κ2) is 6.94. The van der Waals surface area contributed by atoms with Gasteiger partial charge in [0.15, 0.2) is 0 Å². The number of hydrogen-bond donors (Lipinski definition) is 2. The number of hydrogen-bond acceptors (Lipinski definition) is 5. The van der Waals surface area contributed by atoms with Crippen molar-refractivity contribution >= 4 is 11.8 Å². The fourth-order valence-electron chi connectivity index (χ4n) is 2.39. The van der Waals surface area contributed by atoms with Gasteiger partial charge in [-0.05, 0) is 19.9 Å². The van der Waals surface area contributed by atoms with Crippen LogP contribution in [0.5, 0.6) is 0 Å². The number of benzene rings is 1. The van der Waals surface area contributed by atoms with Gasteiger partial charge in [0.05, 0.1) is 13.2 Å². The van der Waals surface area contributed by atoms with Crippen molar-refractivity contribution in [3.05, 3.63) is 48.1 Å². The van der Waals surface area contributed by atoms with Crippen LogP contribution in [0.3, 0.4) is 0 Å². The van der Waals surface area contributed by atoms with E-state index in [-0.39, 0.29) is 18.7 Å². The molecule has 0 aliphatic rings. The molecule has 2 rings (SSSR count). The molecule has 1 atom stereocenters. The largest absolute Gasteiger partial charge is 0.396 e. The number of rotatable bonds is 7. The summed E-state index contributed by atoms with van der Waals surface area (Å²) in [6.07, 6.45) is 2.73. The van der Waals surface area contributed by atoms with Crippen molar-refractivity contribution in [1.29, 1.82) is 0 Å². The second-order valence-corrected chi connectivity index (χ2v) is 7.38. The SMILES string of the molecule is CC(C)(SCCO)[C@](O)(Cn1cncn1)c1ccc(F)cc1F. The zero-order valence-corrected chi connectivity index (χ0v) is 13.7. The Kier molecular flexibility index (Phi) is 5.38. The van der Waals surface area contributed by atoms with Crippen molar-refractivity contribution in [3.63, 3.8) is 0 Å². The normalized spacial score (nSPS) is 14.7. The van der Waals surface area contributed by atoms with E-state index in [0.29, 0.717) is 5.75 Å². The zero-order valence-electron chi connectivity index (χ0n) is 12.9. The lowest BCUT2D eigenvalue weighted by Crippen LogP contribution is -2.49. The molecule has 0 radical (unpaired) electrons. The summed E-state index contributed by atoms with van der Waals surface area (Å²) in [6, 6.07) is 3.09. The van der Waals surface area contributed by atoms with Gasteiger partial charge in [0, 0.05) is 22.1 Å². The molecule has 1 aromatic heterocycles. The number of halogens is 2. The Morgan fingerprint density at radius 1 is 1.30 bits per heavy atom. The number of nitrogens with zero attached hydrogens (tertiary/aromatic N) is 3. The third kappa shape index (κ3) is 3.70. The van der Waals surface area contributed by atoms with Crippen LogP contribution in [-0.2, 0) is 12.1 Å². The monoisotopic (exact) mass is 343 g/mol. The Morgan fingerprint density at radius 3 is 2.61 bits per heavy atom. The van der Waals surface area contributed by atoms with Gasteiger partial charge >= 0.3 is 0 Å². The topological polar surface area (TPSA) is 71.2 Å². The Bertz CT molecular complexity index is 652. The van der Waals surface area contributed by atoms with Crippen LogP contribution in [0, 0.1) is 11.6 Å². The van der Waals surface area contributed by atoms with Crippen molar-refractivity contribution in [2.75, 3.05) is 12.4 Å². The molecule has 1 aromatic carbocycles. The van der Waals surface area contributed by atoms with Crippen LogP contribution in [0.15, 0.2) is 30.9 Å². The van der Waals surface area contributed by atoms with Gasteiger partial charge in [-0.15, -0.1) is 11.8 Å². The van der Waals surface area contributed by atoms with Crippen LogP contribution in [0.25, 0.3) is 0 Å². The molecule has 0 saturated carbocycles. The minimum atomic E-state index is -1.68.